The van der Waals surface area contributed by atoms with Crippen molar-refractivity contribution >= 4 is 11.0 Å². The van der Waals surface area contributed by atoms with Gasteiger partial charge in [0.1, 0.15) is 11.2 Å². The second-order valence-electron chi connectivity index (χ2n) is 6.02. The zero-order valence-electron chi connectivity index (χ0n) is 13.9. The molecule has 2 heterocycles. The number of hydrogen-bond acceptors (Lipinski definition) is 4. The van der Waals surface area contributed by atoms with Gasteiger partial charge in [-0.25, -0.2) is 4.98 Å². The molecule has 1 aromatic carbocycles. The predicted octanol–water partition coefficient (Wildman–Crippen LogP) is 2.16. The van der Waals surface area contributed by atoms with Gasteiger partial charge in [0, 0.05) is 13.1 Å². The Labute approximate surface area is 134 Å². The van der Waals surface area contributed by atoms with Crippen LogP contribution in [0.15, 0.2) is 35.3 Å². The highest BCUT2D eigenvalue weighted by Crippen LogP contribution is 2.20. The van der Waals surface area contributed by atoms with Gasteiger partial charge in [-0.15, -0.1) is 0 Å². The minimum atomic E-state index is -0.144. The van der Waals surface area contributed by atoms with E-state index in [-0.39, 0.29) is 11.6 Å². The van der Waals surface area contributed by atoms with Gasteiger partial charge in [-0.1, -0.05) is 29.8 Å². The number of nitrogens with one attached hydrogen (secondary N) is 1. The number of fused-ring (bicyclic) bond motifs is 1. The van der Waals surface area contributed by atoms with Crippen LogP contribution in [-0.2, 0) is 13.6 Å². The van der Waals surface area contributed by atoms with E-state index in [1.54, 1.807) is 17.9 Å². The molecular formula is C17H21N5O. The Kier molecular flexibility index (Phi) is 4.00. The van der Waals surface area contributed by atoms with Crippen LogP contribution in [0.2, 0.25) is 0 Å². The Hall–Kier alpha value is -2.47. The summed E-state index contributed by atoms with van der Waals surface area (Å²) in [6.45, 7) is 4.78. The van der Waals surface area contributed by atoms with Crippen LogP contribution < -0.4 is 5.56 Å². The molecule has 0 aliphatic heterocycles. The molecule has 2 aromatic heterocycles. The van der Waals surface area contributed by atoms with Crippen molar-refractivity contribution in [3.05, 3.63) is 57.8 Å². The Bertz CT molecular complexity index is 878. The first-order valence-electron chi connectivity index (χ1n) is 7.63. The Morgan fingerprint density at radius 1 is 1.30 bits per heavy atom. The van der Waals surface area contributed by atoms with Crippen molar-refractivity contribution in [2.45, 2.75) is 26.4 Å². The van der Waals surface area contributed by atoms with Crippen molar-refractivity contribution in [1.29, 1.82) is 0 Å². The Balaban J connectivity index is 1.84. The summed E-state index contributed by atoms with van der Waals surface area (Å²) >= 11 is 0. The van der Waals surface area contributed by atoms with Gasteiger partial charge in [-0.3, -0.25) is 14.4 Å². The number of H-pyrrole nitrogens is 1. The van der Waals surface area contributed by atoms with Gasteiger partial charge in [0.15, 0.2) is 5.65 Å². The second kappa shape index (κ2) is 5.96. The maximum atomic E-state index is 12.1. The summed E-state index contributed by atoms with van der Waals surface area (Å²) in [6.07, 6.45) is 1.55. The van der Waals surface area contributed by atoms with Gasteiger partial charge in [-0.05, 0) is 26.5 Å². The maximum Gasteiger partial charge on any atom is 0.262 e. The van der Waals surface area contributed by atoms with Crippen LogP contribution in [0, 0.1) is 6.92 Å². The molecule has 23 heavy (non-hydrogen) atoms. The number of aromatic amines is 1. The van der Waals surface area contributed by atoms with E-state index >= 15 is 0 Å². The summed E-state index contributed by atoms with van der Waals surface area (Å²) in [5.41, 5.74) is 2.95. The topological polar surface area (TPSA) is 66.8 Å². The van der Waals surface area contributed by atoms with E-state index in [1.165, 1.54) is 11.1 Å². The molecule has 0 fully saturated rings. The van der Waals surface area contributed by atoms with Crippen LogP contribution >= 0.6 is 0 Å². The zero-order valence-corrected chi connectivity index (χ0v) is 13.9. The average molecular weight is 311 g/mol. The Morgan fingerprint density at radius 2 is 2.00 bits per heavy atom. The van der Waals surface area contributed by atoms with Crippen molar-refractivity contribution in [1.82, 2.24) is 24.6 Å². The van der Waals surface area contributed by atoms with Crippen molar-refractivity contribution in [3.8, 4) is 0 Å². The number of aromatic nitrogens is 4. The zero-order chi connectivity index (χ0) is 16.6. The third kappa shape index (κ3) is 3.03. The molecule has 120 valence electrons. The molecule has 3 aromatic rings. The maximum absolute atomic E-state index is 12.1. The summed E-state index contributed by atoms with van der Waals surface area (Å²) in [6, 6.07) is 8.72. The number of benzene rings is 1. The normalized spacial score (nSPS) is 12.9. The molecule has 1 N–H and O–H groups in total. The quantitative estimate of drug-likeness (QED) is 0.802. The number of rotatable bonds is 4. The second-order valence-corrected chi connectivity index (χ2v) is 6.02. The monoisotopic (exact) mass is 311 g/mol. The van der Waals surface area contributed by atoms with Crippen molar-refractivity contribution in [3.63, 3.8) is 0 Å². The van der Waals surface area contributed by atoms with Crippen molar-refractivity contribution in [2.24, 2.45) is 7.05 Å². The van der Waals surface area contributed by atoms with Gasteiger partial charge in [0.25, 0.3) is 5.56 Å². The highest BCUT2D eigenvalue weighted by molar-refractivity contribution is 5.72. The van der Waals surface area contributed by atoms with E-state index in [0.29, 0.717) is 23.4 Å². The van der Waals surface area contributed by atoms with Crippen LogP contribution in [-0.4, -0.2) is 31.7 Å². The first-order valence-corrected chi connectivity index (χ1v) is 7.63. The molecule has 0 radical (unpaired) electrons. The molecule has 0 saturated carbocycles. The van der Waals surface area contributed by atoms with E-state index < -0.39 is 0 Å². The van der Waals surface area contributed by atoms with Gasteiger partial charge in [0.2, 0.25) is 0 Å². The SMILES string of the molecule is Cc1ccc([C@H](C)N(C)Cc2nc3c(cnn3C)c(=O)[nH]2)cc1. The minimum Gasteiger partial charge on any atom is -0.309 e. The molecule has 0 spiro atoms. The van der Waals surface area contributed by atoms with E-state index in [4.69, 9.17) is 0 Å². The number of hydrogen-bond donors (Lipinski definition) is 1. The number of nitrogens with zero attached hydrogens (tertiary/aromatic N) is 4. The molecule has 3 rings (SSSR count). The fraction of sp³-hybridized carbons (Fsp3) is 0.353. The van der Waals surface area contributed by atoms with E-state index in [2.05, 4.69) is 58.1 Å². The highest BCUT2D eigenvalue weighted by Gasteiger charge is 2.14. The van der Waals surface area contributed by atoms with Gasteiger partial charge in [0.05, 0.1) is 12.7 Å². The van der Waals surface area contributed by atoms with Gasteiger partial charge in [-0.2, -0.15) is 5.10 Å². The van der Waals surface area contributed by atoms with Crippen LogP contribution in [0.1, 0.15) is 29.9 Å². The summed E-state index contributed by atoms with van der Waals surface area (Å²) < 4.78 is 1.62. The van der Waals surface area contributed by atoms with Crippen LogP contribution in [0.4, 0.5) is 0 Å². The molecule has 0 aliphatic carbocycles. The first-order chi connectivity index (χ1) is 11.0. The number of aryl methyl sites for hydroxylation is 2. The fourth-order valence-electron chi connectivity index (χ4n) is 2.63. The Morgan fingerprint density at radius 3 is 2.70 bits per heavy atom. The predicted molar refractivity (Wildman–Crippen MR) is 90.2 cm³/mol. The lowest BCUT2D eigenvalue weighted by Crippen LogP contribution is -2.25. The smallest absolute Gasteiger partial charge is 0.262 e. The van der Waals surface area contributed by atoms with Crippen LogP contribution in [0.25, 0.3) is 11.0 Å². The third-order valence-corrected chi connectivity index (χ3v) is 4.27. The lowest BCUT2D eigenvalue weighted by molar-refractivity contribution is 0.247. The molecule has 0 saturated heterocycles. The first kappa shape index (κ1) is 15.4. The summed E-state index contributed by atoms with van der Waals surface area (Å²) in [5, 5.41) is 4.61. The lowest BCUT2D eigenvalue weighted by atomic mass is 10.1. The summed E-state index contributed by atoms with van der Waals surface area (Å²) in [7, 11) is 3.81. The van der Waals surface area contributed by atoms with E-state index in [9.17, 15) is 4.79 Å². The fourth-order valence-corrected chi connectivity index (χ4v) is 2.63. The molecule has 6 heteroatoms. The van der Waals surface area contributed by atoms with Gasteiger partial charge < -0.3 is 4.98 Å². The molecule has 0 amide bonds. The molecular weight excluding hydrogens is 290 g/mol. The van der Waals surface area contributed by atoms with Crippen LogP contribution in [0.3, 0.4) is 0 Å². The lowest BCUT2D eigenvalue weighted by Gasteiger charge is -2.24. The summed E-state index contributed by atoms with van der Waals surface area (Å²) in [4.78, 5) is 21.6. The van der Waals surface area contributed by atoms with E-state index in [1.807, 2.05) is 7.05 Å². The standard InChI is InChI=1S/C17H21N5O/c1-11-5-7-13(8-6-11)12(2)21(3)10-15-19-16-14(17(23)20-15)9-18-22(16)4/h5-9,12H,10H2,1-4H3,(H,19,20,23)/t12-/m0/s1. The molecule has 6 nitrogen and oxygen atoms in total. The van der Waals surface area contributed by atoms with E-state index in [0.717, 1.165) is 0 Å². The highest BCUT2D eigenvalue weighted by atomic mass is 16.1. The average Bonchev–Trinajstić information content (AvgIpc) is 2.89. The van der Waals surface area contributed by atoms with Crippen LogP contribution in [0.5, 0.6) is 0 Å². The summed E-state index contributed by atoms with van der Waals surface area (Å²) in [5.74, 6) is 0.646. The van der Waals surface area contributed by atoms with Gasteiger partial charge >= 0.3 is 0 Å². The molecule has 0 bridgehead atoms. The molecule has 1 atom stereocenters. The third-order valence-electron chi connectivity index (χ3n) is 4.27. The van der Waals surface area contributed by atoms with Crippen molar-refractivity contribution < 1.29 is 0 Å². The largest absolute Gasteiger partial charge is 0.309 e. The van der Waals surface area contributed by atoms with Crippen molar-refractivity contribution in [2.75, 3.05) is 7.05 Å². The minimum absolute atomic E-state index is 0.144. The molecule has 0 unspecified atom stereocenters. The molecule has 0 aliphatic rings.